The van der Waals surface area contributed by atoms with Crippen LogP contribution >= 0.6 is 23.4 Å². The molecule has 0 aliphatic rings. The summed E-state index contributed by atoms with van der Waals surface area (Å²) in [7, 11) is 0. The summed E-state index contributed by atoms with van der Waals surface area (Å²) in [6.45, 7) is 1.96. The van der Waals surface area contributed by atoms with E-state index in [1.54, 1.807) is 12.4 Å². The summed E-state index contributed by atoms with van der Waals surface area (Å²) in [6.07, 6.45) is -1.27. The third-order valence-corrected chi connectivity index (χ3v) is 5.08. The van der Waals surface area contributed by atoms with E-state index in [0.29, 0.717) is 5.16 Å². The molecule has 0 radical (unpaired) electrons. The van der Waals surface area contributed by atoms with Crippen molar-refractivity contribution in [2.45, 2.75) is 18.3 Å². The van der Waals surface area contributed by atoms with Gasteiger partial charge in [-0.05, 0) is 36.8 Å². The average Bonchev–Trinajstić information content (AvgIpc) is 3.09. The van der Waals surface area contributed by atoms with E-state index < -0.39 is 23.3 Å². The molecule has 146 valence electrons. The zero-order chi connectivity index (χ0) is 20.3. The van der Waals surface area contributed by atoms with E-state index in [2.05, 4.69) is 10.3 Å². The molecule has 4 nitrogen and oxygen atoms in total. The number of halogens is 4. The van der Waals surface area contributed by atoms with Crippen LogP contribution in [0.4, 0.5) is 18.9 Å². The molecule has 0 saturated heterocycles. The third kappa shape index (κ3) is 4.69. The van der Waals surface area contributed by atoms with E-state index in [0.717, 1.165) is 29.1 Å². The Morgan fingerprint density at radius 1 is 1.25 bits per heavy atom. The number of para-hydroxylation sites is 1. The lowest BCUT2D eigenvalue weighted by molar-refractivity contribution is -0.137. The molecule has 1 aromatic heterocycles. The number of imidazole rings is 1. The molecule has 1 N–H and O–H groups in total. The largest absolute Gasteiger partial charge is 0.418 e. The summed E-state index contributed by atoms with van der Waals surface area (Å²) in [5.41, 5.74) is 0.521. The predicted octanol–water partition coefficient (Wildman–Crippen LogP) is 5.58. The summed E-state index contributed by atoms with van der Waals surface area (Å²) in [6, 6.07) is 11.1. The van der Waals surface area contributed by atoms with Gasteiger partial charge >= 0.3 is 6.18 Å². The standard InChI is InChI=1S/C19H15ClF3N3OS/c1-12-4-2-5-13(10-12)26-9-8-24-18(26)28-11-16(27)25-17-14(19(21,22)23)6-3-7-15(17)20/h2-10H,11H2,1H3,(H,25,27). The third-order valence-electron chi connectivity index (χ3n) is 3.80. The second kappa shape index (κ2) is 8.28. The molecule has 2 aromatic carbocycles. The summed E-state index contributed by atoms with van der Waals surface area (Å²) in [4.78, 5) is 16.5. The van der Waals surface area contributed by atoms with Crippen molar-refractivity contribution >= 4 is 35.0 Å². The number of hydrogen-bond donors (Lipinski definition) is 1. The molecular weight excluding hydrogens is 411 g/mol. The SMILES string of the molecule is Cc1cccc(-n2ccnc2SCC(=O)Nc2c(Cl)cccc2C(F)(F)F)c1. The molecule has 1 heterocycles. The molecule has 0 saturated carbocycles. The lowest BCUT2D eigenvalue weighted by Crippen LogP contribution is -2.18. The van der Waals surface area contributed by atoms with Crippen molar-refractivity contribution in [3.63, 3.8) is 0 Å². The van der Waals surface area contributed by atoms with E-state index in [9.17, 15) is 18.0 Å². The number of rotatable bonds is 5. The van der Waals surface area contributed by atoms with Gasteiger partial charge in [0.1, 0.15) is 0 Å². The molecule has 0 fully saturated rings. The van der Waals surface area contributed by atoms with Crippen LogP contribution in [0.1, 0.15) is 11.1 Å². The van der Waals surface area contributed by atoms with Crippen LogP contribution in [0.15, 0.2) is 60.0 Å². The van der Waals surface area contributed by atoms with Gasteiger partial charge in [-0.2, -0.15) is 13.2 Å². The van der Waals surface area contributed by atoms with Crippen LogP contribution < -0.4 is 5.32 Å². The van der Waals surface area contributed by atoms with Crippen molar-refractivity contribution in [2.24, 2.45) is 0 Å². The highest BCUT2D eigenvalue weighted by atomic mass is 35.5. The number of amides is 1. The van der Waals surface area contributed by atoms with Crippen LogP contribution in [0, 0.1) is 6.92 Å². The topological polar surface area (TPSA) is 46.9 Å². The Bertz CT molecular complexity index is 1000. The monoisotopic (exact) mass is 425 g/mol. The van der Waals surface area contributed by atoms with Gasteiger partial charge in [0, 0.05) is 18.1 Å². The van der Waals surface area contributed by atoms with E-state index in [-0.39, 0.29) is 10.8 Å². The van der Waals surface area contributed by atoms with Crippen molar-refractivity contribution in [1.29, 1.82) is 0 Å². The molecule has 0 unspecified atom stereocenters. The Morgan fingerprint density at radius 3 is 2.71 bits per heavy atom. The fourth-order valence-electron chi connectivity index (χ4n) is 2.56. The second-order valence-corrected chi connectivity index (χ2v) is 7.27. The van der Waals surface area contributed by atoms with E-state index in [1.807, 2.05) is 35.8 Å². The van der Waals surface area contributed by atoms with Gasteiger partial charge in [-0.25, -0.2) is 4.98 Å². The molecule has 3 rings (SSSR count). The zero-order valence-electron chi connectivity index (χ0n) is 14.6. The first-order valence-corrected chi connectivity index (χ1v) is 9.51. The summed E-state index contributed by atoms with van der Waals surface area (Å²) in [5, 5.41) is 2.65. The van der Waals surface area contributed by atoms with Crippen molar-refractivity contribution in [1.82, 2.24) is 9.55 Å². The fourth-order valence-corrected chi connectivity index (χ4v) is 3.56. The van der Waals surface area contributed by atoms with Crippen molar-refractivity contribution in [2.75, 3.05) is 11.1 Å². The van der Waals surface area contributed by atoms with E-state index >= 15 is 0 Å². The minimum Gasteiger partial charge on any atom is -0.324 e. The zero-order valence-corrected chi connectivity index (χ0v) is 16.2. The Kier molecular flexibility index (Phi) is 6.00. The molecule has 9 heteroatoms. The van der Waals surface area contributed by atoms with Crippen LogP contribution in [0.25, 0.3) is 5.69 Å². The number of carbonyl (C=O) groups is 1. The van der Waals surface area contributed by atoms with Gasteiger partial charge < -0.3 is 5.32 Å². The Labute approximate surface area is 168 Å². The molecule has 0 spiro atoms. The van der Waals surface area contributed by atoms with Crippen LogP contribution in [0.2, 0.25) is 5.02 Å². The van der Waals surface area contributed by atoms with Crippen molar-refractivity contribution in [3.8, 4) is 5.69 Å². The Morgan fingerprint density at radius 2 is 2.00 bits per heavy atom. The number of carbonyl (C=O) groups excluding carboxylic acids is 1. The predicted molar refractivity (Wildman–Crippen MR) is 104 cm³/mol. The van der Waals surface area contributed by atoms with Gasteiger partial charge in [0.2, 0.25) is 5.91 Å². The maximum absolute atomic E-state index is 13.1. The summed E-state index contributed by atoms with van der Waals surface area (Å²) >= 11 is 6.98. The average molecular weight is 426 g/mol. The molecule has 0 atom stereocenters. The number of anilines is 1. The molecule has 3 aromatic rings. The molecule has 1 amide bonds. The smallest absolute Gasteiger partial charge is 0.324 e. The molecule has 28 heavy (non-hydrogen) atoms. The van der Waals surface area contributed by atoms with Gasteiger partial charge in [-0.15, -0.1) is 0 Å². The number of thioether (sulfide) groups is 1. The van der Waals surface area contributed by atoms with Crippen LogP contribution in [-0.4, -0.2) is 21.2 Å². The van der Waals surface area contributed by atoms with Gasteiger partial charge in [-0.3, -0.25) is 9.36 Å². The van der Waals surface area contributed by atoms with Crippen LogP contribution in [0.5, 0.6) is 0 Å². The highest BCUT2D eigenvalue weighted by molar-refractivity contribution is 7.99. The normalized spacial score (nSPS) is 11.5. The van der Waals surface area contributed by atoms with Crippen LogP contribution in [0.3, 0.4) is 0 Å². The van der Waals surface area contributed by atoms with Gasteiger partial charge in [0.05, 0.1) is 22.0 Å². The fraction of sp³-hybridized carbons (Fsp3) is 0.158. The summed E-state index contributed by atoms with van der Waals surface area (Å²) in [5.74, 6) is -0.729. The first-order chi connectivity index (χ1) is 13.3. The number of alkyl halides is 3. The molecule has 0 aliphatic heterocycles. The summed E-state index contributed by atoms with van der Waals surface area (Å²) < 4.78 is 41.2. The molecule has 0 bridgehead atoms. The number of nitrogens with one attached hydrogen (secondary N) is 1. The molecular formula is C19H15ClF3N3OS. The first kappa shape index (κ1) is 20.3. The van der Waals surface area contributed by atoms with Crippen molar-refractivity contribution < 1.29 is 18.0 Å². The first-order valence-electron chi connectivity index (χ1n) is 8.14. The van der Waals surface area contributed by atoms with Crippen molar-refractivity contribution in [3.05, 3.63) is 71.0 Å². The number of nitrogens with zero attached hydrogens (tertiary/aromatic N) is 2. The minimum atomic E-state index is -4.62. The number of aromatic nitrogens is 2. The minimum absolute atomic E-state index is 0.120. The Balaban J connectivity index is 1.73. The van der Waals surface area contributed by atoms with Gasteiger partial charge in [0.25, 0.3) is 0 Å². The quantitative estimate of drug-likeness (QED) is 0.542. The maximum Gasteiger partial charge on any atom is 0.418 e. The molecule has 0 aliphatic carbocycles. The lowest BCUT2D eigenvalue weighted by atomic mass is 10.1. The lowest BCUT2D eigenvalue weighted by Gasteiger charge is -2.15. The highest BCUT2D eigenvalue weighted by Crippen LogP contribution is 2.38. The number of aryl methyl sites for hydroxylation is 1. The van der Waals surface area contributed by atoms with E-state index in [1.165, 1.54) is 12.1 Å². The van der Waals surface area contributed by atoms with Crippen LogP contribution in [-0.2, 0) is 11.0 Å². The highest BCUT2D eigenvalue weighted by Gasteiger charge is 2.34. The maximum atomic E-state index is 13.1. The number of benzene rings is 2. The number of hydrogen-bond acceptors (Lipinski definition) is 3. The second-order valence-electron chi connectivity index (χ2n) is 5.92. The van der Waals surface area contributed by atoms with E-state index in [4.69, 9.17) is 11.6 Å². The Hall–Kier alpha value is -2.45. The van der Waals surface area contributed by atoms with Gasteiger partial charge in [-0.1, -0.05) is 41.6 Å². The van der Waals surface area contributed by atoms with Gasteiger partial charge in [0.15, 0.2) is 5.16 Å².